The number of methoxy groups -OCH3 is 5. The van der Waals surface area contributed by atoms with E-state index in [2.05, 4.69) is 5.32 Å². The highest BCUT2D eigenvalue weighted by Crippen LogP contribution is 2.50. The van der Waals surface area contributed by atoms with Crippen molar-refractivity contribution in [2.75, 3.05) is 40.9 Å². The third-order valence-electron chi connectivity index (χ3n) is 6.69. The van der Waals surface area contributed by atoms with Crippen LogP contribution in [0.1, 0.15) is 23.5 Å². The summed E-state index contributed by atoms with van der Waals surface area (Å²) < 4.78 is 27.8. The first-order valence-corrected chi connectivity index (χ1v) is 11.2. The monoisotopic (exact) mass is 473 g/mol. The molecule has 0 radical (unpaired) electrons. The molecule has 7 heteroatoms. The highest BCUT2D eigenvalue weighted by molar-refractivity contribution is 6.20. The van der Waals surface area contributed by atoms with Gasteiger partial charge >= 0.3 is 0 Å². The van der Waals surface area contributed by atoms with E-state index in [1.165, 1.54) is 0 Å². The number of rotatable bonds is 6. The van der Waals surface area contributed by atoms with Gasteiger partial charge in [0.05, 0.1) is 41.2 Å². The van der Waals surface area contributed by atoms with Crippen molar-refractivity contribution in [2.24, 2.45) is 0 Å². The van der Waals surface area contributed by atoms with Crippen LogP contribution in [0.25, 0.3) is 21.5 Å². The number of fused-ring (bicyclic) bond motifs is 6. The number of anilines is 1. The predicted molar refractivity (Wildman–Crippen MR) is 136 cm³/mol. The largest absolute Gasteiger partial charge is 0.497 e. The third-order valence-corrected chi connectivity index (χ3v) is 6.69. The van der Waals surface area contributed by atoms with Gasteiger partial charge in [0.2, 0.25) is 5.91 Å². The fraction of sp³-hybridized carbons (Fsp3) is 0.250. The molecule has 180 valence electrons. The number of carbonyl (C=O) groups excluding carboxylic acids is 1. The van der Waals surface area contributed by atoms with Gasteiger partial charge in [0.1, 0.15) is 5.75 Å². The van der Waals surface area contributed by atoms with Crippen LogP contribution < -0.4 is 29.0 Å². The molecule has 0 bridgehead atoms. The van der Waals surface area contributed by atoms with E-state index in [1.807, 2.05) is 48.5 Å². The second-order valence-corrected chi connectivity index (χ2v) is 8.37. The van der Waals surface area contributed by atoms with Crippen molar-refractivity contribution in [3.8, 4) is 28.7 Å². The van der Waals surface area contributed by atoms with Crippen LogP contribution in [0.15, 0.2) is 48.5 Å². The van der Waals surface area contributed by atoms with E-state index < -0.39 is 0 Å². The average molecular weight is 474 g/mol. The molecule has 0 aliphatic carbocycles. The Labute approximate surface area is 203 Å². The molecule has 1 aliphatic heterocycles. The highest BCUT2D eigenvalue weighted by Gasteiger charge is 2.32. The minimum Gasteiger partial charge on any atom is -0.497 e. The molecule has 1 aliphatic rings. The van der Waals surface area contributed by atoms with Crippen LogP contribution in [0.3, 0.4) is 0 Å². The summed E-state index contributed by atoms with van der Waals surface area (Å²) in [5.41, 5.74) is 2.81. The van der Waals surface area contributed by atoms with Crippen molar-refractivity contribution < 1.29 is 28.5 Å². The zero-order valence-corrected chi connectivity index (χ0v) is 20.4. The van der Waals surface area contributed by atoms with E-state index in [1.54, 1.807) is 35.5 Å². The summed E-state index contributed by atoms with van der Waals surface area (Å²) >= 11 is 0. The number of benzene rings is 4. The summed E-state index contributed by atoms with van der Waals surface area (Å²) in [5, 5.41) is 6.85. The van der Waals surface area contributed by atoms with Gasteiger partial charge in [0, 0.05) is 17.7 Å². The van der Waals surface area contributed by atoms with E-state index in [0.717, 1.165) is 44.1 Å². The first-order chi connectivity index (χ1) is 17.0. The van der Waals surface area contributed by atoms with Crippen molar-refractivity contribution in [3.63, 3.8) is 0 Å². The van der Waals surface area contributed by atoms with E-state index in [-0.39, 0.29) is 11.8 Å². The number of hydrogen-bond acceptors (Lipinski definition) is 6. The molecule has 0 aromatic heterocycles. The Morgan fingerprint density at radius 2 is 1.14 bits per heavy atom. The quantitative estimate of drug-likeness (QED) is 0.372. The van der Waals surface area contributed by atoms with Gasteiger partial charge in [-0.25, -0.2) is 0 Å². The summed E-state index contributed by atoms with van der Waals surface area (Å²) in [4.78, 5) is 13.0. The summed E-state index contributed by atoms with van der Waals surface area (Å²) in [5.74, 6) is 2.98. The van der Waals surface area contributed by atoms with E-state index >= 15 is 0 Å². The lowest BCUT2D eigenvalue weighted by Crippen LogP contribution is -2.24. The molecule has 35 heavy (non-hydrogen) atoms. The highest BCUT2D eigenvalue weighted by atomic mass is 16.5. The van der Waals surface area contributed by atoms with Gasteiger partial charge in [0.15, 0.2) is 23.0 Å². The Hall–Kier alpha value is -4.13. The lowest BCUT2D eigenvalue weighted by molar-refractivity contribution is -0.116. The van der Waals surface area contributed by atoms with Crippen LogP contribution in [0.4, 0.5) is 5.69 Å². The van der Waals surface area contributed by atoms with E-state index in [0.29, 0.717) is 29.4 Å². The number of carbonyl (C=O) groups is 1. The number of nitrogens with one attached hydrogen (secondary N) is 1. The SMILES string of the molecule is COc1ccc(C2CC(=O)Nc3c2c2cc(OC)c(OC)cc2c2cc(OC)c(OC)cc32)cc1. The minimum absolute atomic E-state index is 0.0470. The molecule has 4 aromatic rings. The van der Waals surface area contributed by atoms with Crippen molar-refractivity contribution in [3.05, 3.63) is 59.7 Å². The molecule has 7 nitrogen and oxygen atoms in total. The molecule has 1 amide bonds. The zero-order valence-electron chi connectivity index (χ0n) is 20.4. The maximum absolute atomic E-state index is 13.0. The molecule has 0 fully saturated rings. The van der Waals surface area contributed by atoms with Gasteiger partial charge < -0.3 is 29.0 Å². The van der Waals surface area contributed by atoms with Gasteiger partial charge in [-0.3, -0.25) is 4.79 Å². The van der Waals surface area contributed by atoms with E-state index in [9.17, 15) is 4.79 Å². The minimum atomic E-state index is -0.164. The summed E-state index contributed by atoms with van der Waals surface area (Å²) in [6, 6.07) is 15.7. The topological polar surface area (TPSA) is 75.3 Å². The zero-order chi connectivity index (χ0) is 24.7. The fourth-order valence-corrected chi connectivity index (χ4v) is 5.01. The second kappa shape index (κ2) is 8.91. The smallest absolute Gasteiger partial charge is 0.225 e. The molecule has 1 atom stereocenters. The predicted octanol–water partition coefficient (Wildman–Crippen LogP) is 5.51. The maximum atomic E-state index is 13.0. The number of ether oxygens (including phenoxy) is 5. The maximum Gasteiger partial charge on any atom is 0.225 e. The Kier molecular flexibility index (Phi) is 5.76. The molecule has 0 saturated heterocycles. The molecule has 1 unspecified atom stereocenters. The third kappa shape index (κ3) is 3.64. The van der Waals surface area contributed by atoms with Crippen LogP contribution in [0, 0.1) is 0 Å². The molecule has 0 spiro atoms. The summed E-state index contributed by atoms with van der Waals surface area (Å²) in [6.45, 7) is 0. The first-order valence-electron chi connectivity index (χ1n) is 11.2. The Balaban J connectivity index is 1.92. The van der Waals surface area contributed by atoms with Crippen LogP contribution >= 0.6 is 0 Å². The molecular weight excluding hydrogens is 446 g/mol. The van der Waals surface area contributed by atoms with Crippen LogP contribution in [-0.2, 0) is 4.79 Å². The molecular formula is C28H27NO6. The average Bonchev–Trinajstić information content (AvgIpc) is 2.91. The van der Waals surface area contributed by atoms with Crippen LogP contribution in [0.2, 0.25) is 0 Å². The van der Waals surface area contributed by atoms with Gasteiger partial charge in [0.25, 0.3) is 0 Å². The molecule has 0 saturated carbocycles. The standard InChI is InChI=1S/C28H27NO6/c1-31-16-8-6-15(7-9-16)17-14-26(30)29-28-21-13-25(35-5)23(33-3)11-19(21)18-10-22(32-2)24(34-4)12-20(18)27(17)28/h6-13,17H,14H2,1-5H3,(H,29,30). The van der Waals surface area contributed by atoms with Crippen molar-refractivity contribution in [2.45, 2.75) is 12.3 Å². The van der Waals surface area contributed by atoms with Gasteiger partial charge in [-0.05, 0) is 63.7 Å². The van der Waals surface area contributed by atoms with Crippen molar-refractivity contribution in [1.29, 1.82) is 0 Å². The Morgan fingerprint density at radius 1 is 0.657 bits per heavy atom. The molecule has 4 aromatic carbocycles. The Bertz CT molecular complexity index is 1440. The normalized spacial score (nSPS) is 14.9. The number of amides is 1. The molecule has 5 rings (SSSR count). The van der Waals surface area contributed by atoms with Crippen molar-refractivity contribution >= 4 is 33.1 Å². The Morgan fingerprint density at radius 3 is 1.66 bits per heavy atom. The van der Waals surface area contributed by atoms with E-state index in [4.69, 9.17) is 23.7 Å². The fourth-order valence-electron chi connectivity index (χ4n) is 5.01. The van der Waals surface area contributed by atoms with Gasteiger partial charge in [-0.15, -0.1) is 0 Å². The lowest BCUT2D eigenvalue weighted by Gasteiger charge is -2.30. The number of hydrogen-bond donors (Lipinski definition) is 1. The van der Waals surface area contributed by atoms with Gasteiger partial charge in [-0.1, -0.05) is 12.1 Å². The van der Waals surface area contributed by atoms with Crippen molar-refractivity contribution in [1.82, 2.24) is 0 Å². The summed E-state index contributed by atoms with van der Waals surface area (Å²) in [7, 11) is 8.08. The van der Waals surface area contributed by atoms with Gasteiger partial charge in [-0.2, -0.15) is 0 Å². The summed E-state index contributed by atoms with van der Waals surface area (Å²) in [6.07, 6.45) is 0.321. The molecule has 1 N–H and O–H groups in total. The van der Waals surface area contributed by atoms with Crippen LogP contribution in [-0.4, -0.2) is 41.5 Å². The first kappa shape index (κ1) is 22.7. The molecule has 1 heterocycles. The van der Waals surface area contributed by atoms with Crippen LogP contribution in [0.5, 0.6) is 28.7 Å². The lowest BCUT2D eigenvalue weighted by atomic mass is 9.80. The second-order valence-electron chi connectivity index (χ2n) is 8.37.